The Morgan fingerprint density at radius 2 is 1.92 bits per heavy atom. The summed E-state index contributed by atoms with van der Waals surface area (Å²) in [6, 6.07) is 6.21. The van der Waals surface area contributed by atoms with Gasteiger partial charge in [-0.2, -0.15) is 13.5 Å². The molecule has 1 aromatic heterocycles. The van der Waals surface area contributed by atoms with Crippen molar-refractivity contribution in [1.82, 2.24) is 9.78 Å². The summed E-state index contributed by atoms with van der Waals surface area (Å²) >= 11 is 0. The minimum Gasteiger partial charge on any atom is -0.381 e. The van der Waals surface area contributed by atoms with Gasteiger partial charge in [-0.15, -0.1) is 0 Å². The zero-order valence-electron chi connectivity index (χ0n) is 22.3. The largest absolute Gasteiger partial charge is 0.381 e. The second kappa shape index (κ2) is 8.65. The molecule has 0 radical (unpaired) electrons. The lowest BCUT2D eigenvalue weighted by Gasteiger charge is -2.57. The maximum absolute atomic E-state index is 14.0. The number of halogens is 1. The van der Waals surface area contributed by atoms with E-state index in [1.807, 2.05) is 17.8 Å². The molecule has 208 valence electrons. The van der Waals surface area contributed by atoms with Gasteiger partial charge in [0, 0.05) is 23.2 Å². The molecule has 0 bridgehead atoms. The molecule has 1 N–H and O–H groups in total. The molecule has 6 rings (SSSR count). The average molecular weight is 557 g/mol. The smallest absolute Gasteiger partial charge is 0.264 e. The third kappa shape index (κ3) is 3.89. The number of carbonyl (C=O) groups excluding carboxylic acids is 2. The van der Waals surface area contributed by atoms with Crippen molar-refractivity contribution in [3.8, 4) is 5.69 Å². The van der Waals surface area contributed by atoms with Crippen LogP contribution in [0.15, 0.2) is 36.0 Å². The second-order valence-electron chi connectivity index (χ2n) is 12.3. The molecule has 6 unspecified atom stereocenters. The fraction of sp³-hybridized carbons (Fsp3) is 0.552. The van der Waals surface area contributed by atoms with Gasteiger partial charge in [0.05, 0.1) is 23.8 Å². The third-order valence-corrected chi connectivity index (χ3v) is 10.8. The molecule has 1 aromatic carbocycles. The van der Waals surface area contributed by atoms with Crippen LogP contribution in [0.25, 0.3) is 11.8 Å². The Morgan fingerprint density at radius 3 is 2.62 bits per heavy atom. The number of hydrogen-bond donors (Lipinski definition) is 1. The maximum Gasteiger partial charge on any atom is 0.264 e. The van der Waals surface area contributed by atoms with Crippen LogP contribution in [0.1, 0.15) is 57.2 Å². The van der Waals surface area contributed by atoms with E-state index >= 15 is 0 Å². The molecular formula is C29H33FN2O6S. The van der Waals surface area contributed by atoms with Crippen LogP contribution in [0, 0.1) is 34.4 Å². The van der Waals surface area contributed by atoms with E-state index in [2.05, 4.69) is 18.1 Å². The molecule has 10 heteroatoms. The summed E-state index contributed by atoms with van der Waals surface area (Å²) in [6.07, 6.45) is 7.88. The molecule has 3 saturated carbocycles. The third-order valence-electron chi connectivity index (χ3n) is 10.3. The van der Waals surface area contributed by atoms with Crippen LogP contribution < -0.4 is 0 Å². The highest BCUT2D eigenvalue weighted by Gasteiger charge is 2.68. The first-order chi connectivity index (χ1) is 18.3. The van der Waals surface area contributed by atoms with E-state index in [1.54, 1.807) is 12.1 Å². The van der Waals surface area contributed by atoms with E-state index in [0.29, 0.717) is 12.8 Å². The van der Waals surface area contributed by atoms with Crippen molar-refractivity contribution in [2.24, 2.45) is 28.6 Å². The fourth-order valence-electron chi connectivity index (χ4n) is 8.41. The number of fused-ring (bicyclic) bond motifs is 6. The van der Waals surface area contributed by atoms with Crippen LogP contribution in [0.2, 0.25) is 0 Å². The lowest BCUT2D eigenvalue weighted by atomic mass is 9.46. The number of Topliss-reactive ketones (excluding diaryl/α,β-unsaturated/α-hetero) is 2. The number of benzene rings is 1. The molecule has 0 amide bonds. The summed E-state index contributed by atoms with van der Waals surface area (Å²) < 4.78 is 43.0. The van der Waals surface area contributed by atoms with Gasteiger partial charge in [-0.25, -0.2) is 9.07 Å². The lowest BCUT2D eigenvalue weighted by Crippen LogP contribution is -2.61. The number of aromatic nitrogens is 2. The van der Waals surface area contributed by atoms with Gasteiger partial charge in [0.1, 0.15) is 23.8 Å². The van der Waals surface area contributed by atoms with Gasteiger partial charge in [-0.3, -0.25) is 13.8 Å². The van der Waals surface area contributed by atoms with Crippen LogP contribution in [0.3, 0.4) is 0 Å². The predicted molar refractivity (Wildman–Crippen MR) is 141 cm³/mol. The molecule has 6 atom stereocenters. The van der Waals surface area contributed by atoms with Crippen molar-refractivity contribution in [3.63, 3.8) is 0 Å². The van der Waals surface area contributed by atoms with E-state index < -0.39 is 38.9 Å². The molecule has 3 fully saturated rings. The topological polar surface area (TPSA) is 116 Å². The minimum absolute atomic E-state index is 0.00439. The van der Waals surface area contributed by atoms with Gasteiger partial charge >= 0.3 is 0 Å². The molecule has 4 aliphatic rings. The number of carbonyl (C=O) groups is 2. The van der Waals surface area contributed by atoms with Crippen LogP contribution >= 0.6 is 0 Å². The standard InChI is InChI=1S/C29H33FN2O6S/c1-27-13-17-15-31-32(20-7-5-19(30)6-8-20)23(17)12-18(27)4-9-21-22-10-11-29(35,25(34)16-38-39(3,36)37)28(22,2)14-24(33)26(21)27/h5-8,12,15,21-22,26,35H,4,9-11,13-14,16H2,1-3H3. The Labute approximate surface area is 227 Å². The molecule has 0 saturated heterocycles. The highest BCUT2D eigenvalue weighted by Crippen LogP contribution is 2.66. The Balaban J connectivity index is 1.31. The first kappa shape index (κ1) is 26.5. The number of allylic oxidation sites excluding steroid dienone is 1. The first-order valence-electron chi connectivity index (χ1n) is 13.4. The molecule has 8 nitrogen and oxygen atoms in total. The fourth-order valence-corrected chi connectivity index (χ4v) is 8.74. The quantitative estimate of drug-likeness (QED) is 0.559. The molecule has 1 heterocycles. The molecule has 2 aromatic rings. The number of nitrogens with zero attached hydrogens (tertiary/aromatic N) is 2. The van der Waals surface area contributed by atoms with E-state index in [9.17, 15) is 27.5 Å². The summed E-state index contributed by atoms with van der Waals surface area (Å²) in [6.45, 7) is 3.24. The number of ketones is 2. The van der Waals surface area contributed by atoms with Crippen molar-refractivity contribution in [1.29, 1.82) is 0 Å². The van der Waals surface area contributed by atoms with E-state index in [0.717, 1.165) is 36.0 Å². The van der Waals surface area contributed by atoms with Crippen molar-refractivity contribution < 1.29 is 31.7 Å². The van der Waals surface area contributed by atoms with Crippen LogP contribution in [0.5, 0.6) is 0 Å². The molecular weight excluding hydrogens is 523 g/mol. The highest BCUT2D eigenvalue weighted by atomic mass is 32.2. The molecule has 0 aliphatic heterocycles. The predicted octanol–water partition coefficient (Wildman–Crippen LogP) is 3.65. The Morgan fingerprint density at radius 1 is 1.21 bits per heavy atom. The van der Waals surface area contributed by atoms with Gasteiger partial charge < -0.3 is 5.11 Å². The first-order valence-corrected chi connectivity index (χ1v) is 15.3. The van der Waals surface area contributed by atoms with Crippen molar-refractivity contribution in [2.45, 2.75) is 58.0 Å². The summed E-state index contributed by atoms with van der Waals surface area (Å²) in [7, 11) is -3.85. The molecule has 4 aliphatic carbocycles. The Kier molecular flexibility index (Phi) is 5.89. The Hall–Kier alpha value is -2.69. The summed E-state index contributed by atoms with van der Waals surface area (Å²) in [5.41, 5.74) is 0.754. The number of rotatable bonds is 5. The van der Waals surface area contributed by atoms with Crippen LogP contribution in [0.4, 0.5) is 4.39 Å². The highest BCUT2D eigenvalue weighted by molar-refractivity contribution is 7.86. The SMILES string of the molecule is CC12Cc3cnn(-c4ccc(F)cc4)c3C=C1CCC1C2C(=O)CC2(C)C1CCC2(O)C(=O)COS(C)(=O)=O. The summed E-state index contributed by atoms with van der Waals surface area (Å²) in [5, 5.41) is 16.2. The van der Waals surface area contributed by atoms with E-state index in [4.69, 9.17) is 4.18 Å². The lowest BCUT2D eigenvalue weighted by molar-refractivity contribution is -0.169. The maximum atomic E-state index is 14.0. The van der Waals surface area contributed by atoms with Crippen LogP contribution in [-0.2, 0) is 30.3 Å². The van der Waals surface area contributed by atoms with E-state index in [-0.39, 0.29) is 42.2 Å². The second-order valence-corrected chi connectivity index (χ2v) is 14.0. The van der Waals surface area contributed by atoms with Crippen molar-refractivity contribution >= 4 is 27.8 Å². The minimum atomic E-state index is -3.85. The Bertz CT molecular complexity index is 1510. The number of aliphatic hydroxyl groups is 1. The zero-order valence-corrected chi connectivity index (χ0v) is 23.1. The van der Waals surface area contributed by atoms with Crippen molar-refractivity contribution in [2.75, 3.05) is 12.9 Å². The summed E-state index contributed by atoms with van der Waals surface area (Å²) in [5.74, 6) is -1.24. The van der Waals surface area contributed by atoms with E-state index in [1.165, 1.54) is 17.7 Å². The van der Waals surface area contributed by atoms with Gasteiger partial charge in [-0.1, -0.05) is 19.4 Å². The summed E-state index contributed by atoms with van der Waals surface area (Å²) in [4.78, 5) is 27.1. The van der Waals surface area contributed by atoms with Gasteiger partial charge in [-0.05, 0) is 79.8 Å². The van der Waals surface area contributed by atoms with Crippen molar-refractivity contribution in [3.05, 3.63) is 53.1 Å². The monoisotopic (exact) mass is 556 g/mol. The van der Waals surface area contributed by atoms with Gasteiger partial charge in [0.2, 0.25) is 0 Å². The normalized spacial score (nSPS) is 35.5. The zero-order chi connectivity index (χ0) is 28.0. The van der Waals surface area contributed by atoms with Gasteiger partial charge in [0.15, 0.2) is 5.78 Å². The molecule has 0 spiro atoms. The number of hydrogen-bond acceptors (Lipinski definition) is 7. The average Bonchev–Trinajstić information content (AvgIpc) is 3.38. The molecule has 39 heavy (non-hydrogen) atoms. The van der Waals surface area contributed by atoms with Gasteiger partial charge in [0.25, 0.3) is 10.1 Å². The van der Waals surface area contributed by atoms with Crippen LogP contribution in [-0.4, -0.2) is 53.3 Å².